The highest BCUT2D eigenvalue weighted by Gasteiger charge is 2.21. The predicted octanol–water partition coefficient (Wildman–Crippen LogP) is 1.29. The number of benzene rings is 1. The molecule has 1 fully saturated rings. The molecule has 29 heavy (non-hydrogen) atoms. The highest BCUT2D eigenvalue weighted by Crippen LogP contribution is 2.17. The maximum Gasteiger partial charge on any atom is 0.311 e. The molecule has 8 heteroatoms. The number of likely N-dealkylation sites (tertiary alicyclic amines) is 1. The number of H-pyrrole nitrogens is 1. The van der Waals surface area contributed by atoms with Crippen LogP contribution in [0.25, 0.3) is 5.69 Å². The van der Waals surface area contributed by atoms with Crippen LogP contribution < -0.4 is 5.56 Å². The smallest absolute Gasteiger partial charge is 0.311 e. The molecule has 1 atom stereocenters. The van der Waals surface area contributed by atoms with Crippen LogP contribution in [0.15, 0.2) is 35.1 Å². The Morgan fingerprint density at radius 2 is 2.00 bits per heavy atom. The van der Waals surface area contributed by atoms with Gasteiger partial charge < -0.3 is 14.5 Å². The highest BCUT2D eigenvalue weighted by atomic mass is 16.5. The van der Waals surface area contributed by atoms with Gasteiger partial charge >= 0.3 is 5.97 Å². The summed E-state index contributed by atoms with van der Waals surface area (Å²) in [6.45, 7) is 2.87. The van der Waals surface area contributed by atoms with Crippen LogP contribution in [0, 0.1) is 5.92 Å². The van der Waals surface area contributed by atoms with E-state index in [0.29, 0.717) is 22.9 Å². The molecule has 0 radical (unpaired) electrons. The fourth-order valence-electron chi connectivity index (χ4n) is 3.82. The van der Waals surface area contributed by atoms with Crippen molar-refractivity contribution in [2.24, 2.45) is 5.92 Å². The second-order valence-corrected chi connectivity index (χ2v) is 7.71. The molecule has 0 saturated carbocycles. The lowest BCUT2D eigenvalue weighted by Crippen LogP contribution is -2.40. The van der Waals surface area contributed by atoms with Crippen molar-refractivity contribution < 1.29 is 14.3 Å². The van der Waals surface area contributed by atoms with Crippen molar-refractivity contribution in [2.45, 2.75) is 19.3 Å². The molecule has 0 spiro atoms. The van der Waals surface area contributed by atoms with Gasteiger partial charge in [0.1, 0.15) is 0 Å². The van der Waals surface area contributed by atoms with Gasteiger partial charge in [-0.25, -0.2) is 4.68 Å². The van der Waals surface area contributed by atoms with Gasteiger partial charge in [-0.05, 0) is 56.6 Å². The summed E-state index contributed by atoms with van der Waals surface area (Å²) in [5, 5.41) is 2.90. The summed E-state index contributed by atoms with van der Waals surface area (Å²) >= 11 is 0. The van der Waals surface area contributed by atoms with Crippen LogP contribution in [-0.4, -0.2) is 72.3 Å². The number of amides is 1. The molecule has 2 heterocycles. The Bertz CT molecular complexity index is 916. The number of ether oxygens (including phenoxy) is 1. The van der Waals surface area contributed by atoms with Crippen molar-refractivity contribution in [3.05, 3.63) is 51.9 Å². The highest BCUT2D eigenvalue weighted by molar-refractivity contribution is 5.94. The van der Waals surface area contributed by atoms with Crippen LogP contribution in [0.1, 0.15) is 28.9 Å². The minimum absolute atomic E-state index is 0.00351. The Balaban J connectivity index is 1.67. The van der Waals surface area contributed by atoms with Crippen LogP contribution in [0.5, 0.6) is 0 Å². The maximum absolute atomic E-state index is 12.8. The molecular weight excluding hydrogens is 372 g/mol. The van der Waals surface area contributed by atoms with Crippen LogP contribution in [0.4, 0.5) is 0 Å². The summed E-state index contributed by atoms with van der Waals surface area (Å²) in [5.41, 5.74) is 1.37. The van der Waals surface area contributed by atoms with Gasteiger partial charge in [0.05, 0.1) is 19.2 Å². The van der Waals surface area contributed by atoms with Crippen molar-refractivity contribution in [1.29, 1.82) is 0 Å². The second kappa shape index (κ2) is 9.09. The number of piperidine rings is 1. The number of aromatic nitrogens is 2. The van der Waals surface area contributed by atoms with E-state index in [-0.39, 0.29) is 17.9 Å². The average molecular weight is 400 g/mol. The minimum atomic E-state index is -0.424. The minimum Gasteiger partial charge on any atom is -0.469 e. The van der Waals surface area contributed by atoms with E-state index in [2.05, 4.69) is 21.8 Å². The molecular formula is C21H28N4O4. The zero-order valence-electron chi connectivity index (χ0n) is 17.2. The average Bonchev–Trinajstić information content (AvgIpc) is 3.07. The Morgan fingerprint density at radius 3 is 2.66 bits per heavy atom. The van der Waals surface area contributed by atoms with Gasteiger partial charge in [0.15, 0.2) is 0 Å². The number of esters is 1. The number of nitrogens with one attached hydrogen (secondary N) is 1. The van der Waals surface area contributed by atoms with Gasteiger partial charge in [-0.15, -0.1) is 0 Å². The fraction of sp³-hybridized carbons (Fsp3) is 0.476. The Labute approximate surface area is 170 Å². The van der Waals surface area contributed by atoms with Gasteiger partial charge in [-0.2, -0.15) is 0 Å². The SMILES string of the molecule is COC(=O)Cc1cc(=O)n(-c2ccc(C(=O)N(C)CC3CCCN(C)C3)cc2)[nH]1. The predicted molar refractivity (Wildman–Crippen MR) is 109 cm³/mol. The summed E-state index contributed by atoms with van der Waals surface area (Å²) < 4.78 is 5.96. The van der Waals surface area contributed by atoms with E-state index in [9.17, 15) is 14.4 Å². The van der Waals surface area contributed by atoms with Crippen molar-refractivity contribution in [2.75, 3.05) is 40.8 Å². The standard InChI is InChI=1S/C21H28N4O4/c1-23-10-4-5-15(13-23)14-24(2)21(28)16-6-8-18(9-7-16)25-19(26)11-17(22-25)12-20(27)29-3/h6-9,11,15,22H,4-5,10,12-14H2,1-3H3. The lowest BCUT2D eigenvalue weighted by Gasteiger charge is -2.32. The van der Waals surface area contributed by atoms with E-state index in [1.807, 2.05) is 7.05 Å². The lowest BCUT2D eigenvalue weighted by atomic mass is 9.98. The largest absolute Gasteiger partial charge is 0.469 e. The molecule has 1 aliphatic heterocycles. The zero-order valence-corrected chi connectivity index (χ0v) is 17.2. The van der Waals surface area contributed by atoms with Gasteiger partial charge in [0.2, 0.25) is 0 Å². The third-order valence-corrected chi connectivity index (χ3v) is 5.31. The molecule has 1 saturated heterocycles. The van der Waals surface area contributed by atoms with Gasteiger partial charge in [-0.3, -0.25) is 19.5 Å². The van der Waals surface area contributed by atoms with E-state index in [0.717, 1.165) is 26.1 Å². The first-order chi connectivity index (χ1) is 13.9. The number of nitrogens with zero attached hydrogens (tertiary/aromatic N) is 3. The van der Waals surface area contributed by atoms with E-state index in [4.69, 9.17) is 0 Å². The first-order valence-electron chi connectivity index (χ1n) is 9.79. The third kappa shape index (κ3) is 5.14. The van der Waals surface area contributed by atoms with E-state index in [1.165, 1.54) is 24.3 Å². The Kier molecular flexibility index (Phi) is 6.53. The number of methoxy groups -OCH3 is 1. The molecule has 3 rings (SSSR count). The molecule has 8 nitrogen and oxygen atoms in total. The number of rotatable bonds is 6. The van der Waals surface area contributed by atoms with Crippen molar-refractivity contribution in [1.82, 2.24) is 19.6 Å². The summed E-state index contributed by atoms with van der Waals surface area (Å²) in [6.07, 6.45) is 2.31. The third-order valence-electron chi connectivity index (χ3n) is 5.31. The van der Waals surface area contributed by atoms with Crippen LogP contribution in [-0.2, 0) is 16.0 Å². The number of hydrogen-bond acceptors (Lipinski definition) is 5. The number of carbonyl (C=O) groups is 2. The lowest BCUT2D eigenvalue weighted by molar-refractivity contribution is -0.139. The molecule has 1 amide bonds. The molecule has 1 N–H and O–H groups in total. The normalized spacial score (nSPS) is 17.1. The Hall–Kier alpha value is -2.87. The monoisotopic (exact) mass is 400 g/mol. The topological polar surface area (TPSA) is 87.6 Å². The molecule has 0 bridgehead atoms. The molecule has 0 aliphatic carbocycles. The quantitative estimate of drug-likeness (QED) is 0.739. The van der Waals surface area contributed by atoms with Crippen molar-refractivity contribution >= 4 is 11.9 Å². The molecule has 1 aromatic heterocycles. The van der Waals surface area contributed by atoms with E-state index >= 15 is 0 Å². The first kappa shape index (κ1) is 20.9. The molecule has 1 aliphatic rings. The number of hydrogen-bond donors (Lipinski definition) is 1. The summed E-state index contributed by atoms with van der Waals surface area (Å²) in [6, 6.07) is 8.23. The summed E-state index contributed by atoms with van der Waals surface area (Å²) in [5.74, 6) is 0.0363. The molecule has 1 aromatic carbocycles. The van der Waals surface area contributed by atoms with Crippen molar-refractivity contribution in [3.8, 4) is 5.69 Å². The van der Waals surface area contributed by atoms with Gasteiger partial charge in [0, 0.05) is 37.5 Å². The van der Waals surface area contributed by atoms with Crippen LogP contribution >= 0.6 is 0 Å². The number of carbonyl (C=O) groups excluding carboxylic acids is 2. The van der Waals surface area contributed by atoms with Gasteiger partial charge in [-0.1, -0.05) is 0 Å². The summed E-state index contributed by atoms with van der Waals surface area (Å²) in [4.78, 5) is 40.4. The molecule has 1 unspecified atom stereocenters. The van der Waals surface area contributed by atoms with Crippen molar-refractivity contribution in [3.63, 3.8) is 0 Å². The van der Waals surface area contributed by atoms with Crippen LogP contribution in [0.2, 0.25) is 0 Å². The summed E-state index contributed by atoms with van der Waals surface area (Å²) in [7, 11) is 5.25. The van der Waals surface area contributed by atoms with Gasteiger partial charge in [0.25, 0.3) is 11.5 Å². The Morgan fingerprint density at radius 1 is 1.28 bits per heavy atom. The second-order valence-electron chi connectivity index (χ2n) is 7.71. The molecule has 2 aromatic rings. The molecule has 156 valence electrons. The fourth-order valence-corrected chi connectivity index (χ4v) is 3.82. The van der Waals surface area contributed by atoms with Crippen LogP contribution in [0.3, 0.4) is 0 Å². The van der Waals surface area contributed by atoms with E-state index in [1.54, 1.807) is 29.2 Å². The first-order valence-corrected chi connectivity index (χ1v) is 9.79. The number of aromatic amines is 1. The van der Waals surface area contributed by atoms with E-state index < -0.39 is 5.97 Å². The maximum atomic E-state index is 12.8. The zero-order chi connectivity index (χ0) is 21.0.